The Labute approximate surface area is 117 Å². The topological polar surface area (TPSA) is 60.5 Å². The van der Waals surface area contributed by atoms with E-state index in [0.29, 0.717) is 5.13 Å². The van der Waals surface area contributed by atoms with E-state index in [0.717, 1.165) is 0 Å². The minimum absolute atomic E-state index is 0.0529. The lowest BCUT2D eigenvalue weighted by atomic mass is 10.1. The van der Waals surface area contributed by atoms with Gasteiger partial charge in [-0.3, -0.25) is 10.1 Å². The van der Waals surface area contributed by atoms with Crippen molar-refractivity contribution >= 4 is 22.4 Å². The number of nitrogens with one attached hydrogen (secondary N) is 1. The van der Waals surface area contributed by atoms with Gasteiger partial charge in [-0.25, -0.2) is 4.98 Å². The molecule has 2 aromatic rings. The molecule has 0 aliphatic carbocycles. The number of hydrogen-bond acceptors (Lipinski definition) is 5. The molecular weight excluding hydrogens is 290 g/mol. The third kappa shape index (κ3) is 3.21. The van der Waals surface area contributed by atoms with Crippen LogP contribution in [0.4, 0.5) is 13.9 Å². The van der Waals surface area contributed by atoms with Crippen LogP contribution in [0.25, 0.3) is 0 Å². The number of para-hydroxylation sites is 1. The summed E-state index contributed by atoms with van der Waals surface area (Å²) in [5, 5.41) is 4.53. The number of rotatable bonds is 5. The third-order valence-electron chi connectivity index (χ3n) is 2.30. The first-order chi connectivity index (χ1) is 9.61. The van der Waals surface area contributed by atoms with Crippen molar-refractivity contribution in [1.82, 2.24) is 4.98 Å². The maximum atomic E-state index is 12.4. The summed E-state index contributed by atoms with van der Waals surface area (Å²) in [5.74, 6) is -0.856. The van der Waals surface area contributed by atoms with Gasteiger partial charge in [0.2, 0.25) is 0 Å². The number of carbonyl (C=O) groups is 1. The van der Waals surface area contributed by atoms with Crippen LogP contribution in [0.15, 0.2) is 29.8 Å². The fourth-order valence-electron chi connectivity index (χ4n) is 1.52. The summed E-state index contributed by atoms with van der Waals surface area (Å²) in [6, 6.07) is 4.30. The average Bonchev–Trinajstić information content (AvgIpc) is 2.91. The molecule has 0 saturated heterocycles. The number of carbonyl (C=O) groups excluding carboxylic acids is 1. The van der Waals surface area contributed by atoms with Crippen LogP contribution in [-0.4, -0.2) is 24.6 Å². The van der Waals surface area contributed by atoms with Crippen LogP contribution in [0.5, 0.6) is 11.5 Å². The lowest BCUT2D eigenvalue weighted by Gasteiger charge is -2.13. The highest BCUT2D eigenvalue weighted by Crippen LogP contribution is 2.33. The maximum Gasteiger partial charge on any atom is 0.387 e. The molecule has 1 heterocycles. The molecule has 0 bridgehead atoms. The number of nitrogens with zero attached hydrogens (tertiary/aromatic N) is 1. The molecule has 106 valence electrons. The highest BCUT2D eigenvalue weighted by atomic mass is 32.1. The zero-order valence-corrected chi connectivity index (χ0v) is 11.1. The van der Waals surface area contributed by atoms with Crippen molar-refractivity contribution in [2.24, 2.45) is 0 Å². The first kappa shape index (κ1) is 14.2. The number of halogens is 2. The molecule has 0 aliphatic rings. The van der Waals surface area contributed by atoms with Crippen molar-refractivity contribution in [3.63, 3.8) is 0 Å². The number of anilines is 1. The summed E-state index contributed by atoms with van der Waals surface area (Å²) < 4.78 is 34.2. The van der Waals surface area contributed by atoms with E-state index >= 15 is 0 Å². The zero-order valence-electron chi connectivity index (χ0n) is 10.3. The van der Waals surface area contributed by atoms with Crippen molar-refractivity contribution in [3.8, 4) is 11.5 Å². The molecule has 5 nitrogen and oxygen atoms in total. The number of alkyl halides is 2. The van der Waals surface area contributed by atoms with Crippen molar-refractivity contribution in [1.29, 1.82) is 0 Å². The highest BCUT2D eigenvalue weighted by Gasteiger charge is 2.20. The molecule has 2 rings (SSSR count). The summed E-state index contributed by atoms with van der Waals surface area (Å²) in [7, 11) is 1.30. The summed E-state index contributed by atoms with van der Waals surface area (Å²) in [6.45, 7) is -3.06. The molecule has 1 aromatic carbocycles. The van der Waals surface area contributed by atoms with Crippen LogP contribution in [-0.2, 0) is 0 Å². The Balaban J connectivity index is 2.32. The lowest BCUT2D eigenvalue weighted by Crippen LogP contribution is -2.15. The lowest BCUT2D eigenvalue weighted by molar-refractivity contribution is -0.0515. The number of aromatic nitrogens is 1. The van der Waals surface area contributed by atoms with Crippen LogP contribution in [0.3, 0.4) is 0 Å². The van der Waals surface area contributed by atoms with Crippen LogP contribution in [0.2, 0.25) is 0 Å². The molecule has 0 fully saturated rings. The van der Waals surface area contributed by atoms with Crippen LogP contribution in [0.1, 0.15) is 10.4 Å². The number of hydrogen-bond donors (Lipinski definition) is 1. The zero-order chi connectivity index (χ0) is 14.5. The van der Waals surface area contributed by atoms with Gasteiger partial charge >= 0.3 is 6.61 Å². The largest absolute Gasteiger partial charge is 0.493 e. The van der Waals surface area contributed by atoms with E-state index in [9.17, 15) is 13.6 Å². The summed E-state index contributed by atoms with van der Waals surface area (Å²) in [5.41, 5.74) is -0.0557. The van der Waals surface area contributed by atoms with Gasteiger partial charge in [0.15, 0.2) is 16.6 Å². The normalized spacial score (nSPS) is 10.4. The van der Waals surface area contributed by atoms with Crippen LogP contribution in [0, 0.1) is 0 Å². The fourth-order valence-corrected chi connectivity index (χ4v) is 2.04. The predicted octanol–water partition coefficient (Wildman–Crippen LogP) is 3.01. The first-order valence-corrected chi connectivity index (χ1v) is 6.32. The van der Waals surface area contributed by atoms with Crippen molar-refractivity contribution in [3.05, 3.63) is 35.3 Å². The van der Waals surface area contributed by atoms with Gasteiger partial charge < -0.3 is 9.47 Å². The van der Waals surface area contributed by atoms with E-state index < -0.39 is 12.5 Å². The predicted molar refractivity (Wildman–Crippen MR) is 69.7 cm³/mol. The van der Waals surface area contributed by atoms with E-state index in [1.165, 1.54) is 42.8 Å². The van der Waals surface area contributed by atoms with E-state index in [4.69, 9.17) is 4.74 Å². The molecule has 0 spiro atoms. The molecule has 1 N–H and O–H groups in total. The molecule has 8 heteroatoms. The van der Waals surface area contributed by atoms with Gasteiger partial charge in [0.05, 0.1) is 12.7 Å². The van der Waals surface area contributed by atoms with E-state index in [1.54, 1.807) is 5.38 Å². The summed E-state index contributed by atoms with van der Waals surface area (Å²) >= 11 is 1.21. The fraction of sp³-hybridized carbons (Fsp3) is 0.167. The first-order valence-electron chi connectivity index (χ1n) is 5.44. The number of ether oxygens (including phenoxy) is 2. The van der Waals surface area contributed by atoms with Gasteiger partial charge in [0.25, 0.3) is 5.91 Å². The van der Waals surface area contributed by atoms with Crippen molar-refractivity contribution in [2.45, 2.75) is 6.61 Å². The van der Waals surface area contributed by atoms with Gasteiger partial charge in [0.1, 0.15) is 0 Å². The molecule has 0 unspecified atom stereocenters. The minimum atomic E-state index is -3.06. The number of benzene rings is 1. The monoisotopic (exact) mass is 300 g/mol. The van der Waals surface area contributed by atoms with Gasteiger partial charge in [0, 0.05) is 11.6 Å². The van der Waals surface area contributed by atoms with E-state index in [-0.39, 0.29) is 17.1 Å². The summed E-state index contributed by atoms with van der Waals surface area (Å²) in [4.78, 5) is 15.9. The van der Waals surface area contributed by atoms with Crippen molar-refractivity contribution < 1.29 is 23.0 Å². The number of amides is 1. The SMILES string of the molecule is COc1cccc(C(=O)Nc2nccs2)c1OC(F)F. The maximum absolute atomic E-state index is 12.4. The number of methoxy groups -OCH3 is 1. The molecule has 0 radical (unpaired) electrons. The Morgan fingerprint density at radius 2 is 2.25 bits per heavy atom. The van der Waals surface area contributed by atoms with Crippen LogP contribution < -0.4 is 14.8 Å². The Bertz CT molecular complexity index is 590. The Morgan fingerprint density at radius 3 is 2.85 bits per heavy atom. The minimum Gasteiger partial charge on any atom is -0.493 e. The molecule has 1 amide bonds. The van der Waals surface area contributed by atoms with E-state index in [2.05, 4.69) is 15.0 Å². The van der Waals surface area contributed by atoms with Gasteiger partial charge in [-0.05, 0) is 12.1 Å². The summed E-state index contributed by atoms with van der Waals surface area (Å²) in [6.07, 6.45) is 1.52. The highest BCUT2D eigenvalue weighted by molar-refractivity contribution is 7.13. The van der Waals surface area contributed by atoms with Gasteiger partial charge in [-0.1, -0.05) is 6.07 Å². The average molecular weight is 300 g/mol. The standard InChI is InChI=1S/C12H10F2N2O3S/c1-18-8-4-2-3-7(9(8)19-11(13)14)10(17)16-12-15-5-6-20-12/h2-6,11H,1H3,(H,15,16,17). The molecule has 20 heavy (non-hydrogen) atoms. The smallest absolute Gasteiger partial charge is 0.387 e. The Hall–Kier alpha value is -2.22. The Morgan fingerprint density at radius 1 is 1.45 bits per heavy atom. The quantitative estimate of drug-likeness (QED) is 0.922. The second kappa shape index (κ2) is 6.29. The molecular formula is C12H10F2N2O3S. The number of thiazole rings is 1. The molecule has 0 saturated carbocycles. The van der Waals surface area contributed by atoms with Crippen LogP contribution >= 0.6 is 11.3 Å². The van der Waals surface area contributed by atoms with Gasteiger partial charge in [-0.15, -0.1) is 11.3 Å². The Kier molecular flexibility index (Phi) is 4.46. The van der Waals surface area contributed by atoms with Crippen molar-refractivity contribution in [2.75, 3.05) is 12.4 Å². The molecule has 1 aromatic heterocycles. The van der Waals surface area contributed by atoms with Gasteiger partial charge in [-0.2, -0.15) is 8.78 Å². The third-order valence-corrected chi connectivity index (χ3v) is 2.99. The second-order valence-corrected chi connectivity index (χ2v) is 4.40. The second-order valence-electron chi connectivity index (χ2n) is 3.51. The van der Waals surface area contributed by atoms with E-state index in [1.807, 2.05) is 0 Å². The molecule has 0 aliphatic heterocycles. The molecule has 0 atom stereocenters.